The standard InChI is InChI=1S/C27H30N4O.2H2/c32-26-17-27(30-21-12-6-2-7-13-21)31(23-14-8-3-9-15-23)25-16-22(29-19-24(25)26)18-28-20-10-4-1-5-11-20;;/h3,6,8-9,12-17,19-20,28,30H,1-2,4-5,7,10-11,18H2;2*1H. The van der Waals surface area contributed by atoms with Crippen LogP contribution in [0.25, 0.3) is 16.6 Å². The Labute approximate surface area is 191 Å². The highest BCUT2D eigenvalue weighted by atomic mass is 16.1. The third-order valence-corrected chi connectivity index (χ3v) is 6.41. The van der Waals surface area contributed by atoms with E-state index in [0.29, 0.717) is 11.4 Å². The lowest BCUT2D eigenvalue weighted by atomic mass is 9.95. The zero-order chi connectivity index (χ0) is 21.8. The molecule has 1 fully saturated rings. The van der Waals surface area contributed by atoms with E-state index in [2.05, 4.69) is 56.6 Å². The molecule has 2 heterocycles. The molecule has 32 heavy (non-hydrogen) atoms. The molecule has 2 aliphatic carbocycles. The van der Waals surface area contributed by atoms with E-state index >= 15 is 0 Å². The molecule has 2 aromatic heterocycles. The fourth-order valence-corrected chi connectivity index (χ4v) is 4.71. The Balaban J connectivity index is 0.00000162. The van der Waals surface area contributed by atoms with Gasteiger partial charge in [-0.3, -0.25) is 14.3 Å². The van der Waals surface area contributed by atoms with E-state index in [0.717, 1.165) is 47.8 Å². The van der Waals surface area contributed by atoms with Crippen molar-refractivity contribution in [1.29, 1.82) is 0 Å². The van der Waals surface area contributed by atoms with Crippen LogP contribution in [0, 0.1) is 0 Å². The molecule has 0 bridgehead atoms. The summed E-state index contributed by atoms with van der Waals surface area (Å²) >= 11 is 0. The lowest BCUT2D eigenvalue weighted by molar-refractivity contribution is 0.371. The Hall–Kier alpha value is -3.18. The minimum Gasteiger partial charge on any atom is -0.342 e. The molecule has 1 saturated carbocycles. The smallest absolute Gasteiger partial charge is 0.193 e. The zero-order valence-electron chi connectivity index (χ0n) is 18.4. The van der Waals surface area contributed by atoms with E-state index in [1.54, 1.807) is 12.3 Å². The van der Waals surface area contributed by atoms with Crippen molar-refractivity contribution in [2.24, 2.45) is 0 Å². The van der Waals surface area contributed by atoms with Crippen molar-refractivity contribution >= 4 is 16.7 Å². The molecule has 0 spiro atoms. The van der Waals surface area contributed by atoms with Crippen molar-refractivity contribution in [3.05, 3.63) is 88.5 Å². The summed E-state index contributed by atoms with van der Waals surface area (Å²) in [6.45, 7) is 0.717. The molecule has 2 aliphatic rings. The van der Waals surface area contributed by atoms with E-state index in [1.807, 2.05) is 18.2 Å². The number of benzene rings is 1. The van der Waals surface area contributed by atoms with Gasteiger partial charge in [0.15, 0.2) is 5.43 Å². The molecule has 0 atom stereocenters. The second-order valence-corrected chi connectivity index (χ2v) is 8.74. The summed E-state index contributed by atoms with van der Waals surface area (Å²) in [4.78, 5) is 17.6. The van der Waals surface area contributed by atoms with Gasteiger partial charge in [0.2, 0.25) is 0 Å². The van der Waals surface area contributed by atoms with Crippen molar-refractivity contribution in [2.45, 2.75) is 57.5 Å². The average Bonchev–Trinajstić information content (AvgIpc) is 2.85. The molecule has 2 N–H and O–H groups in total. The van der Waals surface area contributed by atoms with E-state index in [9.17, 15) is 4.79 Å². The van der Waals surface area contributed by atoms with Crippen LogP contribution in [0.15, 0.2) is 77.4 Å². The summed E-state index contributed by atoms with van der Waals surface area (Å²) in [6.07, 6.45) is 16.6. The highest BCUT2D eigenvalue weighted by Crippen LogP contribution is 2.25. The highest BCUT2D eigenvalue weighted by molar-refractivity contribution is 5.83. The first-order valence-corrected chi connectivity index (χ1v) is 11.8. The second kappa shape index (κ2) is 9.53. The van der Waals surface area contributed by atoms with Gasteiger partial charge in [-0.1, -0.05) is 49.6 Å². The molecule has 0 amide bonds. The average molecular weight is 431 g/mol. The van der Waals surface area contributed by atoms with Gasteiger partial charge in [0.05, 0.1) is 16.6 Å². The second-order valence-electron chi connectivity index (χ2n) is 8.74. The topological polar surface area (TPSA) is 59.0 Å². The lowest BCUT2D eigenvalue weighted by Gasteiger charge is -2.23. The molecule has 0 saturated heterocycles. The summed E-state index contributed by atoms with van der Waals surface area (Å²) in [7, 11) is 0. The van der Waals surface area contributed by atoms with Crippen LogP contribution >= 0.6 is 0 Å². The number of aromatic nitrogens is 2. The summed E-state index contributed by atoms with van der Waals surface area (Å²) in [5, 5.41) is 7.79. The first-order chi connectivity index (χ1) is 15.8. The van der Waals surface area contributed by atoms with Crippen LogP contribution < -0.4 is 16.1 Å². The number of anilines is 1. The number of allylic oxidation sites excluding steroid dienone is 3. The Morgan fingerprint density at radius 3 is 2.69 bits per heavy atom. The van der Waals surface area contributed by atoms with E-state index < -0.39 is 0 Å². The third-order valence-electron chi connectivity index (χ3n) is 6.41. The van der Waals surface area contributed by atoms with Crippen molar-refractivity contribution in [3.8, 4) is 5.69 Å². The number of hydrogen-bond acceptors (Lipinski definition) is 4. The molecule has 5 heteroatoms. The Kier molecular flexibility index (Phi) is 6.17. The lowest BCUT2D eigenvalue weighted by Crippen LogP contribution is -2.30. The van der Waals surface area contributed by atoms with Gasteiger partial charge in [0, 0.05) is 39.1 Å². The molecule has 0 unspecified atom stereocenters. The number of hydrogen-bond donors (Lipinski definition) is 2. The molecular formula is C27H34N4O. The van der Waals surface area contributed by atoms with Gasteiger partial charge in [-0.2, -0.15) is 0 Å². The molecule has 3 aromatic rings. The first-order valence-electron chi connectivity index (χ1n) is 11.8. The van der Waals surface area contributed by atoms with Crippen LogP contribution in [0.1, 0.15) is 53.5 Å². The fraction of sp³-hybridized carbons (Fsp3) is 0.333. The van der Waals surface area contributed by atoms with E-state index in [4.69, 9.17) is 0 Å². The van der Waals surface area contributed by atoms with Crippen molar-refractivity contribution in [1.82, 2.24) is 14.9 Å². The Morgan fingerprint density at radius 1 is 1.06 bits per heavy atom. The summed E-state index contributed by atoms with van der Waals surface area (Å²) < 4.78 is 2.13. The van der Waals surface area contributed by atoms with Crippen LogP contribution in [0.5, 0.6) is 0 Å². The monoisotopic (exact) mass is 430 g/mol. The van der Waals surface area contributed by atoms with Crippen LogP contribution in [-0.2, 0) is 6.54 Å². The summed E-state index contributed by atoms with van der Waals surface area (Å²) in [6, 6.07) is 14.5. The van der Waals surface area contributed by atoms with Gasteiger partial charge in [-0.15, -0.1) is 0 Å². The number of pyridine rings is 2. The number of fused-ring (bicyclic) bond motifs is 1. The third kappa shape index (κ3) is 4.53. The van der Waals surface area contributed by atoms with Crippen LogP contribution in [-0.4, -0.2) is 15.6 Å². The van der Waals surface area contributed by atoms with Crippen molar-refractivity contribution in [3.63, 3.8) is 0 Å². The van der Waals surface area contributed by atoms with Gasteiger partial charge in [-0.25, -0.2) is 0 Å². The maximum absolute atomic E-state index is 13.0. The number of nitrogens with zero attached hydrogens (tertiary/aromatic N) is 2. The quantitative estimate of drug-likeness (QED) is 0.508. The van der Waals surface area contributed by atoms with Crippen LogP contribution in [0.2, 0.25) is 0 Å². The SMILES string of the molecule is O=c1cc(NC2=CCCC=C2)n(-c2ccccc2)c2cc(CNC3CCCCC3)ncc12.[HH].[HH]. The predicted octanol–water partition coefficient (Wildman–Crippen LogP) is 5.95. The van der Waals surface area contributed by atoms with Crippen LogP contribution in [0.3, 0.4) is 0 Å². The Morgan fingerprint density at radius 2 is 1.91 bits per heavy atom. The maximum atomic E-state index is 13.0. The zero-order valence-corrected chi connectivity index (χ0v) is 18.4. The maximum Gasteiger partial charge on any atom is 0.193 e. The molecule has 1 aromatic carbocycles. The molecule has 5 nitrogen and oxygen atoms in total. The summed E-state index contributed by atoms with van der Waals surface area (Å²) in [5.41, 5.74) is 3.85. The molecule has 5 rings (SSSR count). The number of rotatable bonds is 6. The minimum absolute atomic E-state index is 0. The van der Waals surface area contributed by atoms with E-state index in [-0.39, 0.29) is 8.28 Å². The minimum atomic E-state index is -0.0191. The van der Waals surface area contributed by atoms with Gasteiger partial charge in [0.1, 0.15) is 5.82 Å². The van der Waals surface area contributed by atoms with Gasteiger partial charge in [-0.05, 0) is 50.0 Å². The number of nitrogens with one attached hydrogen (secondary N) is 2. The van der Waals surface area contributed by atoms with Crippen molar-refractivity contribution in [2.75, 3.05) is 5.32 Å². The largest absolute Gasteiger partial charge is 0.342 e. The molecule has 0 aliphatic heterocycles. The number of para-hydroxylation sites is 1. The first kappa shape index (κ1) is 20.7. The molecule has 0 radical (unpaired) electrons. The molecular weight excluding hydrogens is 396 g/mol. The normalized spacial score (nSPS) is 16.8. The highest BCUT2D eigenvalue weighted by Gasteiger charge is 2.15. The van der Waals surface area contributed by atoms with Gasteiger partial charge >= 0.3 is 0 Å². The summed E-state index contributed by atoms with van der Waals surface area (Å²) in [5.74, 6) is 0.767. The Bertz CT molecular complexity index is 1210. The molecule has 168 valence electrons. The van der Waals surface area contributed by atoms with E-state index in [1.165, 1.54) is 32.1 Å². The van der Waals surface area contributed by atoms with Gasteiger partial charge < -0.3 is 10.6 Å². The predicted molar refractivity (Wildman–Crippen MR) is 135 cm³/mol. The fourth-order valence-electron chi connectivity index (χ4n) is 4.71. The van der Waals surface area contributed by atoms with Crippen molar-refractivity contribution < 1.29 is 2.85 Å². The van der Waals surface area contributed by atoms with Gasteiger partial charge in [0.25, 0.3) is 0 Å². The van der Waals surface area contributed by atoms with Crippen LogP contribution in [0.4, 0.5) is 5.82 Å².